The zero-order chi connectivity index (χ0) is 22.5. The fourth-order valence-corrected chi connectivity index (χ4v) is 4.74. The fourth-order valence-electron chi connectivity index (χ4n) is 4.74. The molecule has 1 aromatic rings. The van der Waals surface area contributed by atoms with Crippen LogP contribution in [0.1, 0.15) is 61.9 Å². The van der Waals surface area contributed by atoms with Gasteiger partial charge >= 0.3 is 11.9 Å². The molecule has 30 heavy (non-hydrogen) atoms. The lowest BCUT2D eigenvalue weighted by Crippen LogP contribution is -2.52. The molecule has 1 heterocycles. The number of fused-ring (bicyclic) bond motifs is 1. The summed E-state index contributed by atoms with van der Waals surface area (Å²) < 4.78 is 10.1. The van der Waals surface area contributed by atoms with Crippen molar-refractivity contribution < 1.29 is 29.3 Å². The molecule has 0 radical (unpaired) electrons. The molecule has 0 aliphatic carbocycles. The van der Waals surface area contributed by atoms with Crippen LogP contribution in [0.15, 0.2) is 12.1 Å². The van der Waals surface area contributed by atoms with Crippen LogP contribution in [0.3, 0.4) is 0 Å². The number of carbonyl (C=O) groups is 2. The van der Waals surface area contributed by atoms with E-state index in [1.807, 2.05) is 26.0 Å². The van der Waals surface area contributed by atoms with E-state index < -0.39 is 17.4 Å². The molecule has 1 aliphatic heterocycles. The number of hydrogen-bond acceptors (Lipinski definition) is 7. The Hall–Kier alpha value is -1.96. The fraction of sp³-hybridized carbons (Fsp3) is 0.652. The van der Waals surface area contributed by atoms with E-state index in [-0.39, 0.29) is 31.7 Å². The maximum absolute atomic E-state index is 12.9. The van der Waals surface area contributed by atoms with E-state index in [9.17, 15) is 19.8 Å². The first-order valence-corrected chi connectivity index (χ1v) is 10.5. The van der Waals surface area contributed by atoms with Gasteiger partial charge in [-0.05, 0) is 47.4 Å². The molecule has 1 unspecified atom stereocenters. The van der Waals surface area contributed by atoms with Crippen LogP contribution < -0.4 is 0 Å². The predicted octanol–water partition coefficient (Wildman–Crippen LogP) is 2.36. The zero-order valence-corrected chi connectivity index (χ0v) is 18.7. The Labute approximate surface area is 179 Å². The molecule has 7 nitrogen and oxygen atoms in total. The van der Waals surface area contributed by atoms with Crippen LogP contribution in [0.25, 0.3) is 0 Å². The third kappa shape index (κ3) is 4.68. The average Bonchev–Trinajstić information content (AvgIpc) is 2.75. The number of aliphatic hydroxyl groups excluding tert-OH is 2. The van der Waals surface area contributed by atoms with E-state index in [1.54, 1.807) is 0 Å². The Morgan fingerprint density at radius 1 is 1.13 bits per heavy atom. The normalized spacial score (nSPS) is 17.0. The number of nitrogens with zero attached hydrogens (tertiary/aromatic N) is 1. The highest BCUT2D eigenvalue weighted by Gasteiger charge is 2.51. The number of methoxy groups -OCH3 is 2. The maximum Gasteiger partial charge on any atom is 0.324 e. The minimum atomic E-state index is -1.40. The van der Waals surface area contributed by atoms with Gasteiger partial charge in [0.25, 0.3) is 0 Å². The minimum Gasteiger partial charge on any atom is -0.468 e. The molecule has 0 saturated carbocycles. The summed E-state index contributed by atoms with van der Waals surface area (Å²) in [6, 6.07) is 3.89. The highest BCUT2D eigenvalue weighted by atomic mass is 16.5. The van der Waals surface area contributed by atoms with Gasteiger partial charge in [0.1, 0.15) is 0 Å². The van der Waals surface area contributed by atoms with Crippen molar-refractivity contribution in [1.29, 1.82) is 0 Å². The summed E-state index contributed by atoms with van der Waals surface area (Å²) in [5, 5.41) is 19.3. The van der Waals surface area contributed by atoms with Crippen LogP contribution >= 0.6 is 0 Å². The quantitative estimate of drug-likeness (QED) is 0.467. The van der Waals surface area contributed by atoms with Crippen LogP contribution in [0, 0.1) is 11.3 Å². The second-order valence-electron chi connectivity index (χ2n) is 8.44. The Morgan fingerprint density at radius 3 is 2.17 bits per heavy atom. The smallest absolute Gasteiger partial charge is 0.324 e. The molecule has 2 rings (SSSR count). The lowest BCUT2D eigenvalue weighted by atomic mass is 9.77. The first-order valence-electron chi connectivity index (χ1n) is 10.5. The topological polar surface area (TPSA) is 96.3 Å². The van der Waals surface area contributed by atoms with Crippen molar-refractivity contribution in [2.75, 3.05) is 27.3 Å². The highest BCUT2D eigenvalue weighted by molar-refractivity contribution is 6.00. The summed E-state index contributed by atoms with van der Waals surface area (Å²) in [6.45, 7) is 6.60. The SMILES string of the molecule is CCC1c2cc(CO)c(CO)cc2CCN1CC(CC(C)C)(C(=O)OC)C(=O)OC. The lowest BCUT2D eigenvalue weighted by molar-refractivity contribution is -0.173. The molecule has 1 aliphatic rings. The predicted molar refractivity (Wildman–Crippen MR) is 113 cm³/mol. The molecule has 1 atom stereocenters. The highest BCUT2D eigenvalue weighted by Crippen LogP contribution is 2.39. The van der Waals surface area contributed by atoms with Crippen LogP contribution in [-0.2, 0) is 38.7 Å². The maximum atomic E-state index is 12.9. The molecule has 0 spiro atoms. The Morgan fingerprint density at radius 2 is 1.70 bits per heavy atom. The molecule has 7 heteroatoms. The molecule has 0 bridgehead atoms. The summed E-state index contributed by atoms with van der Waals surface area (Å²) in [5.74, 6) is -1.06. The molecular formula is C23H35NO6. The van der Waals surface area contributed by atoms with Gasteiger partial charge in [0.05, 0.1) is 27.4 Å². The summed E-state index contributed by atoms with van der Waals surface area (Å²) in [5.41, 5.74) is 2.24. The monoisotopic (exact) mass is 421 g/mol. The van der Waals surface area contributed by atoms with Crippen molar-refractivity contribution in [2.24, 2.45) is 11.3 Å². The molecule has 2 N–H and O–H groups in total. The number of benzene rings is 1. The molecule has 0 saturated heterocycles. The minimum absolute atomic E-state index is 0.0207. The molecular weight excluding hydrogens is 386 g/mol. The lowest BCUT2D eigenvalue weighted by Gasteiger charge is -2.42. The van der Waals surface area contributed by atoms with E-state index in [0.29, 0.717) is 18.5 Å². The van der Waals surface area contributed by atoms with Crippen LogP contribution in [0.2, 0.25) is 0 Å². The van der Waals surface area contributed by atoms with Gasteiger partial charge in [-0.15, -0.1) is 0 Å². The van der Waals surface area contributed by atoms with Crippen molar-refractivity contribution in [1.82, 2.24) is 4.90 Å². The Bertz CT molecular complexity index is 744. The largest absolute Gasteiger partial charge is 0.468 e. The second kappa shape index (κ2) is 10.4. The van der Waals surface area contributed by atoms with Crippen molar-refractivity contribution in [3.05, 3.63) is 34.4 Å². The van der Waals surface area contributed by atoms with Crippen molar-refractivity contribution >= 4 is 11.9 Å². The van der Waals surface area contributed by atoms with E-state index in [1.165, 1.54) is 14.2 Å². The van der Waals surface area contributed by atoms with Gasteiger partial charge in [-0.3, -0.25) is 14.5 Å². The average molecular weight is 422 g/mol. The third-order valence-corrected chi connectivity index (χ3v) is 6.04. The van der Waals surface area contributed by atoms with E-state index >= 15 is 0 Å². The van der Waals surface area contributed by atoms with Crippen LogP contribution in [0.4, 0.5) is 0 Å². The van der Waals surface area contributed by atoms with Gasteiger partial charge in [0, 0.05) is 19.1 Å². The molecule has 0 aromatic heterocycles. The Kier molecular flexibility index (Phi) is 8.41. The van der Waals surface area contributed by atoms with Crippen LogP contribution in [0.5, 0.6) is 0 Å². The van der Waals surface area contributed by atoms with Gasteiger partial charge in [0.15, 0.2) is 5.41 Å². The van der Waals surface area contributed by atoms with Gasteiger partial charge in [-0.2, -0.15) is 0 Å². The van der Waals surface area contributed by atoms with Gasteiger partial charge in [0.2, 0.25) is 0 Å². The molecule has 0 fully saturated rings. The number of aliphatic hydroxyl groups is 2. The first kappa shape index (κ1) is 24.3. The number of carbonyl (C=O) groups excluding carboxylic acids is 2. The number of hydrogen-bond donors (Lipinski definition) is 2. The van der Waals surface area contributed by atoms with E-state index in [2.05, 4.69) is 11.8 Å². The molecule has 0 amide bonds. The van der Waals surface area contributed by atoms with Gasteiger partial charge in [-0.1, -0.05) is 32.9 Å². The van der Waals surface area contributed by atoms with Gasteiger partial charge in [-0.25, -0.2) is 0 Å². The summed E-state index contributed by atoms with van der Waals surface area (Å²) >= 11 is 0. The summed E-state index contributed by atoms with van der Waals surface area (Å²) in [7, 11) is 2.60. The molecule has 1 aromatic carbocycles. The van der Waals surface area contributed by atoms with Crippen molar-refractivity contribution in [2.45, 2.75) is 59.3 Å². The summed E-state index contributed by atoms with van der Waals surface area (Å²) in [6.07, 6.45) is 1.83. The Balaban J connectivity index is 2.49. The second-order valence-corrected chi connectivity index (χ2v) is 8.44. The standard InChI is InChI=1S/C23H35NO6/c1-6-20-19-10-18(13-26)17(12-25)9-16(19)7-8-24(20)14-23(11-15(2)3,21(27)29-4)22(28)30-5/h9-10,15,20,25-26H,6-8,11-14H2,1-5H3. The molecule has 168 valence electrons. The zero-order valence-electron chi connectivity index (χ0n) is 18.7. The van der Waals surface area contributed by atoms with Crippen LogP contribution in [-0.4, -0.2) is 54.4 Å². The van der Waals surface area contributed by atoms with E-state index in [4.69, 9.17) is 9.47 Å². The van der Waals surface area contributed by atoms with Crippen molar-refractivity contribution in [3.63, 3.8) is 0 Å². The van der Waals surface area contributed by atoms with Gasteiger partial charge < -0.3 is 19.7 Å². The third-order valence-electron chi connectivity index (χ3n) is 6.04. The van der Waals surface area contributed by atoms with E-state index in [0.717, 1.165) is 29.5 Å². The first-order chi connectivity index (χ1) is 14.3. The number of rotatable bonds is 9. The number of ether oxygens (including phenoxy) is 2. The summed E-state index contributed by atoms with van der Waals surface area (Å²) in [4.78, 5) is 27.9. The number of esters is 2. The van der Waals surface area contributed by atoms with Crippen molar-refractivity contribution in [3.8, 4) is 0 Å².